The van der Waals surface area contributed by atoms with Crippen LogP contribution in [0.1, 0.15) is 112 Å². The number of pyridine rings is 1. The molecule has 10 nitrogen and oxygen atoms in total. The fraction of sp³-hybridized carbons (Fsp3) is 0.727. The van der Waals surface area contributed by atoms with Crippen LogP contribution in [-0.4, -0.2) is 79.1 Å². The first-order valence-electron chi connectivity index (χ1n) is 16.1. The van der Waals surface area contributed by atoms with Gasteiger partial charge in [-0.25, -0.2) is 23.4 Å². The third-order valence-electron chi connectivity index (χ3n) is 9.12. The lowest BCUT2D eigenvalue weighted by Crippen LogP contribution is -2.51. The Morgan fingerprint density at radius 3 is 2.26 bits per heavy atom. The highest BCUT2D eigenvalue weighted by Crippen LogP contribution is 2.41. The Morgan fingerprint density at radius 1 is 1.11 bits per heavy atom. The number of ether oxygens (including phenoxy) is 2. The summed E-state index contributed by atoms with van der Waals surface area (Å²) in [5.41, 5.74) is -2.59. The topological polar surface area (TPSA) is 116 Å². The van der Waals surface area contributed by atoms with Crippen molar-refractivity contribution < 1.29 is 32.6 Å². The van der Waals surface area contributed by atoms with Crippen LogP contribution in [0.4, 0.5) is 18.4 Å². The molecule has 0 spiro atoms. The monoisotopic (exact) mass is 663 g/mol. The molecule has 2 aliphatic heterocycles. The minimum Gasteiger partial charge on any atom is -0.444 e. The molecule has 0 N–H and O–H groups in total. The fourth-order valence-electron chi connectivity index (χ4n) is 7.00. The maximum atomic E-state index is 14.1. The zero-order valence-corrected chi connectivity index (χ0v) is 29.0. The van der Waals surface area contributed by atoms with E-state index in [1.54, 1.807) is 24.8 Å². The summed E-state index contributed by atoms with van der Waals surface area (Å²) < 4.78 is 41.1. The third kappa shape index (κ3) is 7.93. The van der Waals surface area contributed by atoms with E-state index in [0.29, 0.717) is 32.3 Å². The Bertz CT molecular complexity index is 1340. The minimum absolute atomic E-state index is 0.0637. The van der Waals surface area contributed by atoms with Crippen LogP contribution in [0.2, 0.25) is 0 Å². The van der Waals surface area contributed by atoms with Gasteiger partial charge in [-0.2, -0.15) is 9.57 Å². The number of urea groups is 1. The first-order chi connectivity index (χ1) is 21.3. The zero-order valence-electron chi connectivity index (χ0n) is 28.1. The highest BCUT2D eigenvalue weighted by atomic mass is 32.2. The standard InChI is InChI=1S/C33H47F2N5O5S/c1-20-15-22(16-21(2)38(20)30(43)45-31(3,4)5)13-14-44-24-11-9-23(10-12-24)39-29(42)40(28(41)32(39,6)7)46-25-17-26(33(8,34)35)27(18-36)37-19-25/h17,19-24H,9-16H2,1-8H3. The van der Waals surface area contributed by atoms with Crippen LogP contribution in [-0.2, 0) is 20.2 Å². The zero-order chi connectivity index (χ0) is 34.2. The number of carbonyl (C=O) groups excluding carboxylic acids is 3. The molecule has 2 atom stereocenters. The van der Waals surface area contributed by atoms with E-state index in [0.717, 1.165) is 54.4 Å². The maximum absolute atomic E-state index is 14.1. The van der Waals surface area contributed by atoms with Crippen molar-refractivity contribution in [2.75, 3.05) is 6.61 Å². The highest BCUT2D eigenvalue weighted by molar-refractivity contribution is 7.98. The second-order valence-corrected chi connectivity index (χ2v) is 15.5. The summed E-state index contributed by atoms with van der Waals surface area (Å²) in [6.07, 6.45) is 6.60. The van der Waals surface area contributed by atoms with Gasteiger partial charge in [0.1, 0.15) is 22.9 Å². The number of halogens is 2. The first kappa shape index (κ1) is 35.9. The number of piperidine rings is 1. The molecule has 1 saturated carbocycles. The number of alkyl halides is 2. The molecule has 0 bridgehead atoms. The molecule has 1 aliphatic carbocycles. The van der Waals surface area contributed by atoms with Crippen LogP contribution >= 0.6 is 11.9 Å². The van der Waals surface area contributed by atoms with Gasteiger partial charge in [0.2, 0.25) is 0 Å². The van der Waals surface area contributed by atoms with Crippen LogP contribution in [0.3, 0.4) is 0 Å². The van der Waals surface area contributed by atoms with Gasteiger partial charge in [-0.1, -0.05) is 0 Å². The molecular weight excluding hydrogens is 616 g/mol. The molecule has 0 radical (unpaired) electrons. The number of amides is 4. The third-order valence-corrected chi connectivity index (χ3v) is 10.1. The van der Waals surface area contributed by atoms with E-state index in [1.165, 1.54) is 6.20 Å². The van der Waals surface area contributed by atoms with Gasteiger partial charge in [0.25, 0.3) is 11.8 Å². The van der Waals surface area contributed by atoms with Crippen LogP contribution in [0.25, 0.3) is 0 Å². The van der Waals surface area contributed by atoms with Crippen LogP contribution in [0.5, 0.6) is 0 Å². The van der Waals surface area contributed by atoms with Crippen LogP contribution in [0, 0.1) is 17.2 Å². The van der Waals surface area contributed by atoms with E-state index in [2.05, 4.69) is 18.8 Å². The quantitative estimate of drug-likeness (QED) is 0.211. The Labute approximate surface area is 275 Å². The number of nitrogens with zero attached hydrogens (tertiary/aromatic N) is 5. The number of nitriles is 1. The second kappa shape index (κ2) is 13.6. The Balaban J connectivity index is 1.28. The number of carbonyl (C=O) groups is 3. The van der Waals surface area contributed by atoms with Crippen molar-refractivity contribution in [2.45, 2.75) is 147 Å². The average molecular weight is 664 g/mol. The molecule has 1 aromatic rings. The molecule has 3 fully saturated rings. The molecular formula is C33H47F2N5O5S. The normalized spacial score (nSPS) is 27.2. The summed E-state index contributed by atoms with van der Waals surface area (Å²) in [6, 6.07) is 2.30. The van der Waals surface area contributed by atoms with Crippen molar-refractivity contribution in [3.63, 3.8) is 0 Å². The van der Waals surface area contributed by atoms with Crippen molar-refractivity contribution in [1.29, 1.82) is 5.26 Å². The van der Waals surface area contributed by atoms with Gasteiger partial charge < -0.3 is 19.3 Å². The van der Waals surface area contributed by atoms with Gasteiger partial charge in [0.15, 0.2) is 0 Å². The van der Waals surface area contributed by atoms with E-state index >= 15 is 0 Å². The van der Waals surface area contributed by atoms with E-state index < -0.39 is 40.3 Å². The smallest absolute Gasteiger partial charge is 0.410 e. The van der Waals surface area contributed by atoms with Crippen molar-refractivity contribution in [3.05, 3.63) is 23.5 Å². The number of hydrogen-bond acceptors (Lipinski definition) is 8. The van der Waals surface area contributed by atoms with Crippen molar-refractivity contribution in [3.8, 4) is 6.07 Å². The summed E-state index contributed by atoms with van der Waals surface area (Å²) in [5, 5.41) is 9.18. The summed E-state index contributed by atoms with van der Waals surface area (Å²) in [7, 11) is 0. The lowest BCUT2D eigenvalue weighted by molar-refractivity contribution is -0.129. The van der Waals surface area contributed by atoms with Gasteiger partial charge in [-0.15, -0.1) is 0 Å². The lowest BCUT2D eigenvalue weighted by atomic mass is 9.85. The molecule has 3 aliphatic rings. The predicted octanol–water partition coefficient (Wildman–Crippen LogP) is 7.26. The number of likely N-dealkylation sites (tertiary alicyclic amines) is 1. The first-order valence-corrected chi connectivity index (χ1v) is 16.9. The summed E-state index contributed by atoms with van der Waals surface area (Å²) in [4.78, 5) is 47.2. The number of aromatic nitrogens is 1. The van der Waals surface area contributed by atoms with Crippen molar-refractivity contribution in [2.24, 2.45) is 5.92 Å². The highest BCUT2D eigenvalue weighted by Gasteiger charge is 2.54. The molecule has 1 aromatic heterocycles. The Kier molecular flexibility index (Phi) is 10.6. The number of hydrogen-bond donors (Lipinski definition) is 0. The molecule has 13 heteroatoms. The second-order valence-electron chi connectivity index (χ2n) is 14.5. The molecule has 254 valence electrons. The van der Waals surface area contributed by atoms with Gasteiger partial charge in [-0.3, -0.25) is 4.79 Å². The largest absolute Gasteiger partial charge is 0.444 e. The van der Waals surface area contributed by atoms with Gasteiger partial charge >= 0.3 is 12.1 Å². The summed E-state index contributed by atoms with van der Waals surface area (Å²) in [6.45, 7) is 14.5. The minimum atomic E-state index is -3.31. The van der Waals surface area contributed by atoms with Crippen LogP contribution < -0.4 is 0 Å². The van der Waals surface area contributed by atoms with Gasteiger partial charge in [0.05, 0.1) is 11.7 Å². The van der Waals surface area contributed by atoms with E-state index in [1.807, 2.05) is 25.7 Å². The summed E-state index contributed by atoms with van der Waals surface area (Å²) in [5.74, 6) is -3.30. The number of imide groups is 1. The lowest BCUT2D eigenvalue weighted by Gasteiger charge is -2.43. The molecule has 2 saturated heterocycles. The molecule has 46 heavy (non-hydrogen) atoms. The molecule has 4 rings (SSSR count). The maximum Gasteiger partial charge on any atom is 0.410 e. The van der Waals surface area contributed by atoms with E-state index in [4.69, 9.17) is 9.47 Å². The van der Waals surface area contributed by atoms with Crippen molar-refractivity contribution >= 4 is 30.0 Å². The van der Waals surface area contributed by atoms with E-state index in [-0.39, 0.29) is 35.2 Å². The molecule has 2 unspecified atom stereocenters. The number of rotatable bonds is 8. The van der Waals surface area contributed by atoms with Crippen LogP contribution in [0.15, 0.2) is 17.2 Å². The van der Waals surface area contributed by atoms with E-state index in [9.17, 15) is 28.4 Å². The Hall–Kier alpha value is -2.98. The summed E-state index contributed by atoms with van der Waals surface area (Å²) >= 11 is 0.750. The Morgan fingerprint density at radius 2 is 1.72 bits per heavy atom. The predicted molar refractivity (Wildman–Crippen MR) is 169 cm³/mol. The van der Waals surface area contributed by atoms with Crippen molar-refractivity contribution in [1.82, 2.24) is 19.1 Å². The van der Waals surface area contributed by atoms with Gasteiger partial charge in [-0.05, 0) is 105 Å². The average Bonchev–Trinajstić information content (AvgIpc) is 3.10. The molecule has 0 aromatic carbocycles. The molecule has 3 heterocycles. The fourth-order valence-corrected chi connectivity index (χ4v) is 7.95. The SMILES string of the molecule is CC1CC(CCOC2CCC(N3C(=O)N(Sc4cnc(C#N)c(C(C)(F)F)c4)C(=O)C3(C)C)CC2)CC(C)N1C(=O)OC(C)(C)C. The molecule has 4 amide bonds. The van der Waals surface area contributed by atoms with Gasteiger partial charge in [0, 0.05) is 54.7 Å².